The first kappa shape index (κ1) is 12.5. The van der Waals surface area contributed by atoms with Crippen LogP contribution in [0.1, 0.15) is 18.4 Å². The Morgan fingerprint density at radius 3 is 2.76 bits per heavy atom. The summed E-state index contributed by atoms with van der Waals surface area (Å²) in [5.41, 5.74) is 1.07. The van der Waals surface area contributed by atoms with E-state index in [0.29, 0.717) is 0 Å². The Bertz CT molecular complexity index is 335. The first-order valence-corrected chi connectivity index (χ1v) is 6.52. The molecule has 0 aliphatic carbocycles. The Kier molecular flexibility index (Phi) is 4.95. The van der Waals surface area contributed by atoms with Gasteiger partial charge in [-0.05, 0) is 56.6 Å². The molecule has 0 unspecified atom stereocenters. The average Bonchev–Trinajstić information content (AvgIpc) is 2.82. The highest BCUT2D eigenvalue weighted by Gasteiger charge is 2.09. The molecule has 1 heterocycles. The van der Waals surface area contributed by atoms with E-state index in [4.69, 9.17) is 0 Å². The highest BCUT2D eigenvalue weighted by molar-refractivity contribution is 5.16. The number of likely N-dealkylation sites (tertiary alicyclic amines) is 1. The third kappa shape index (κ3) is 4.44. The molecule has 0 radical (unpaired) electrons. The molecule has 1 fully saturated rings. The quantitative estimate of drug-likeness (QED) is 0.761. The van der Waals surface area contributed by atoms with Crippen molar-refractivity contribution < 1.29 is 4.39 Å². The van der Waals surface area contributed by atoms with Gasteiger partial charge in [0.2, 0.25) is 0 Å². The lowest BCUT2D eigenvalue weighted by Gasteiger charge is -2.14. The van der Waals surface area contributed by atoms with Crippen molar-refractivity contribution in [2.75, 3.05) is 32.7 Å². The van der Waals surface area contributed by atoms with Crippen molar-refractivity contribution in [3.8, 4) is 0 Å². The van der Waals surface area contributed by atoms with Crippen LogP contribution < -0.4 is 5.32 Å². The summed E-state index contributed by atoms with van der Waals surface area (Å²) >= 11 is 0. The van der Waals surface area contributed by atoms with Gasteiger partial charge in [0.15, 0.2) is 0 Å². The second-order valence-electron chi connectivity index (χ2n) is 4.68. The molecule has 2 rings (SSSR count). The van der Waals surface area contributed by atoms with Gasteiger partial charge in [0, 0.05) is 13.1 Å². The van der Waals surface area contributed by atoms with Crippen LogP contribution in [0.4, 0.5) is 4.39 Å². The molecule has 3 heteroatoms. The van der Waals surface area contributed by atoms with Crippen LogP contribution in [0, 0.1) is 5.82 Å². The van der Waals surface area contributed by atoms with Crippen molar-refractivity contribution in [3.05, 3.63) is 35.6 Å². The van der Waals surface area contributed by atoms with E-state index in [1.165, 1.54) is 32.0 Å². The molecule has 0 saturated carbocycles. The van der Waals surface area contributed by atoms with Crippen molar-refractivity contribution in [1.82, 2.24) is 10.2 Å². The van der Waals surface area contributed by atoms with Crippen LogP contribution in [-0.2, 0) is 6.42 Å². The lowest BCUT2D eigenvalue weighted by Crippen LogP contribution is -2.30. The first-order chi connectivity index (χ1) is 8.34. The van der Waals surface area contributed by atoms with Crippen molar-refractivity contribution >= 4 is 0 Å². The fourth-order valence-corrected chi connectivity index (χ4v) is 2.29. The number of nitrogens with zero attached hydrogens (tertiary/aromatic N) is 1. The monoisotopic (exact) mass is 236 g/mol. The SMILES string of the molecule is Fc1cccc(CCNCCN2CCCC2)c1. The molecule has 0 amide bonds. The topological polar surface area (TPSA) is 15.3 Å². The number of benzene rings is 1. The molecular formula is C14H21FN2. The molecule has 0 aromatic heterocycles. The third-order valence-corrected chi connectivity index (χ3v) is 3.28. The van der Waals surface area contributed by atoms with Crippen molar-refractivity contribution in [2.24, 2.45) is 0 Å². The highest BCUT2D eigenvalue weighted by Crippen LogP contribution is 2.06. The van der Waals surface area contributed by atoms with E-state index in [1.54, 1.807) is 12.1 Å². The van der Waals surface area contributed by atoms with Gasteiger partial charge in [-0.15, -0.1) is 0 Å². The van der Waals surface area contributed by atoms with E-state index < -0.39 is 0 Å². The Morgan fingerprint density at radius 2 is 2.00 bits per heavy atom. The minimum absolute atomic E-state index is 0.139. The summed E-state index contributed by atoms with van der Waals surface area (Å²) in [6.45, 7) is 5.62. The Labute approximate surface area is 103 Å². The molecule has 1 aliphatic heterocycles. The van der Waals surface area contributed by atoms with Gasteiger partial charge in [-0.3, -0.25) is 0 Å². The molecule has 1 aromatic rings. The number of rotatable bonds is 6. The van der Waals surface area contributed by atoms with E-state index in [-0.39, 0.29) is 5.82 Å². The summed E-state index contributed by atoms with van der Waals surface area (Å²) in [5.74, 6) is -0.139. The van der Waals surface area contributed by atoms with Gasteiger partial charge in [-0.25, -0.2) is 4.39 Å². The van der Waals surface area contributed by atoms with E-state index in [2.05, 4.69) is 10.2 Å². The van der Waals surface area contributed by atoms with E-state index in [9.17, 15) is 4.39 Å². The van der Waals surface area contributed by atoms with Gasteiger partial charge in [0.1, 0.15) is 5.82 Å². The fraction of sp³-hybridized carbons (Fsp3) is 0.571. The highest BCUT2D eigenvalue weighted by atomic mass is 19.1. The van der Waals surface area contributed by atoms with E-state index >= 15 is 0 Å². The molecular weight excluding hydrogens is 215 g/mol. The molecule has 94 valence electrons. The molecule has 1 N–H and O–H groups in total. The second-order valence-corrected chi connectivity index (χ2v) is 4.68. The zero-order chi connectivity index (χ0) is 11.9. The molecule has 1 saturated heterocycles. The van der Waals surface area contributed by atoms with Gasteiger partial charge < -0.3 is 10.2 Å². The molecule has 0 bridgehead atoms. The Balaban J connectivity index is 1.56. The zero-order valence-corrected chi connectivity index (χ0v) is 10.3. The summed E-state index contributed by atoms with van der Waals surface area (Å²) in [6, 6.07) is 6.85. The predicted molar refractivity (Wildman–Crippen MR) is 68.6 cm³/mol. The van der Waals surface area contributed by atoms with Crippen LogP contribution >= 0.6 is 0 Å². The van der Waals surface area contributed by atoms with Crippen LogP contribution in [0.2, 0.25) is 0 Å². The molecule has 0 atom stereocenters. The number of halogens is 1. The average molecular weight is 236 g/mol. The van der Waals surface area contributed by atoms with Crippen LogP contribution in [0.15, 0.2) is 24.3 Å². The summed E-state index contributed by atoms with van der Waals surface area (Å²) in [6.07, 6.45) is 3.60. The lowest BCUT2D eigenvalue weighted by molar-refractivity contribution is 0.336. The molecule has 1 aromatic carbocycles. The van der Waals surface area contributed by atoms with Gasteiger partial charge in [0.05, 0.1) is 0 Å². The maximum Gasteiger partial charge on any atom is 0.123 e. The van der Waals surface area contributed by atoms with E-state index in [0.717, 1.165) is 31.6 Å². The maximum absolute atomic E-state index is 12.9. The van der Waals surface area contributed by atoms with Crippen LogP contribution in [0.3, 0.4) is 0 Å². The largest absolute Gasteiger partial charge is 0.315 e. The smallest absolute Gasteiger partial charge is 0.123 e. The maximum atomic E-state index is 12.9. The molecule has 0 spiro atoms. The molecule has 2 nitrogen and oxygen atoms in total. The van der Waals surface area contributed by atoms with Crippen molar-refractivity contribution in [1.29, 1.82) is 0 Å². The number of hydrogen-bond acceptors (Lipinski definition) is 2. The summed E-state index contributed by atoms with van der Waals surface area (Å²) < 4.78 is 12.9. The third-order valence-electron chi connectivity index (χ3n) is 3.28. The number of hydrogen-bond donors (Lipinski definition) is 1. The predicted octanol–water partition coefficient (Wildman–Crippen LogP) is 2.05. The molecule has 1 aliphatic rings. The Morgan fingerprint density at radius 1 is 1.18 bits per heavy atom. The minimum Gasteiger partial charge on any atom is -0.315 e. The molecule has 17 heavy (non-hydrogen) atoms. The lowest BCUT2D eigenvalue weighted by atomic mass is 10.1. The second kappa shape index (κ2) is 6.72. The van der Waals surface area contributed by atoms with Gasteiger partial charge >= 0.3 is 0 Å². The normalized spacial score (nSPS) is 16.5. The van der Waals surface area contributed by atoms with Gasteiger partial charge in [-0.1, -0.05) is 12.1 Å². The van der Waals surface area contributed by atoms with Gasteiger partial charge in [-0.2, -0.15) is 0 Å². The minimum atomic E-state index is -0.139. The van der Waals surface area contributed by atoms with Crippen molar-refractivity contribution in [2.45, 2.75) is 19.3 Å². The fourth-order valence-electron chi connectivity index (χ4n) is 2.29. The van der Waals surface area contributed by atoms with Crippen LogP contribution in [0.5, 0.6) is 0 Å². The van der Waals surface area contributed by atoms with E-state index in [1.807, 2.05) is 6.07 Å². The van der Waals surface area contributed by atoms with Gasteiger partial charge in [0.25, 0.3) is 0 Å². The van der Waals surface area contributed by atoms with Crippen molar-refractivity contribution in [3.63, 3.8) is 0 Å². The van der Waals surface area contributed by atoms with Crippen LogP contribution in [0.25, 0.3) is 0 Å². The summed E-state index contributed by atoms with van der Waals surface area (Å²) in [7, 11) is 0. The summed E-state index contributed by atoms with van der Waals surface area (Å²) in [4.78, 5) is 2.50. The standard InChI is InChI=1S/C14H21FN2/c15-14-5-3-4-13(12-14)6-7-16-8-11-17-9-1-2-10-17/h3-5,12,16H,1-2,6-11H2. The number of nitrogens with one attached hydrogen (secondary N) is 1. The van der Waals surface area contributed by atoms with Crippen LogP contribution in [-0.4, -0.2) is 37.6 Å². The zero-order valence-electron chi connectivity index (χ0n) is 10.3. The summed E-state index contributed by atoms with van der Waals surface area (Å²) in [5, 5.41) is 3.42. The Hall–Kier alpha value is -0.930. The first-order valence-electron chi connectivity index (χ1n) is 6.52.